The summed E-state index contributed by atoms with van der Waals surface area (Å²) < 4.78 is 25.1. The minimum Gasteiger partial charge on any atom is -0.336 e. The van der Waals surface area contributed by atoms with Crippen molar-refractivity contribution in [1.82, 2.24) is 4.90 Å². The summed E-state index contributed by atoms with van der Waals surface area (Å²) in [6.07, 6.45) is 6.21. The minimum atomic E-state index is -3.63. The topological polar surface area (TPSA) is 54.5 Å². The van der Waals surface area contributed by atoms with E-state index in [2.05, 4.69) is 6.92 Å². The third kappa shape index (κ3) is 4.12. The Morgan fingerprint density at radius 2 is 1.54 bits per heavy atom. The predicted molar refractivity (Wildman–Crippen MR) is 94.8 cm³/mol. The summed E-state index contributed by atoms with van der Waals surface area (Å²) in [7, 11) is -3.63. The first-order valence-corrected chi connectivity index (χ1v) is 10.7. The van der Waals surface area contributed by atoms with Gasteiger partial charge in [-0.05, 0) is 68.7 Å². The van der Waals surface area contributed by atoms with Gasteiger partial charge in [0.2, 0.25) is 5.91 Å². The number of carbonyl (C=O) groups excluding carboxylic acids is 1. The highest BCUT2D eigenvalue weighted by atomic mass is 35.5. The fraction of sp³-hybridized carbons (Fsp3) is 0.611. The number of amides is 1. The Bertz CT molecular complexity index is 689. The number of hydrogen-bond acceptors (Lipinski definition) is 3. The van der Waals surface area contributed by atoms with Crippen molar-refractivity contribution in [2.45, 2.75) is 62.4 Å². The molecule has 6 heteroatoms. The Labute approximate surface area is 149 Å². The van der Waals surface area contributed by atoms with Crippen LogP contribution in [0.2, 0.25) is 5.02 Å². The van der Waals surface area contributed by atoms with Crippen LogP contribution in [0.4, 0.5) is 0 Å². The zero-order chi connectivity index (χ0) is 17.3. The minimum absolute atomic E-state index is 0.160. The Kier molecular flexibility index (Phi) is 5.21. The molecule has 2 aliphatic carbocycles. The van der Waals surface area contributed by atoms with Crippen molar-refractivity contribution in [3.8, 4) is 0 Å². The van der Waals surface area contributed by atoms with Crippen molar-refractivity contribution in [1.29, 1.82) is 0 Å². The number of hydrogen-bond donors (Lipinski definition) is 0. The van der Waals surface area contributed by atoms with Crippen LogP contribution >= 0.6 is 11.6 Å². The molecule has 2 fully saturated rings. The maximum atomic E-state index is 12.8. The van der Waals surface area contributed by atoms with E-state index >= 15 is 0 Å². The fourth-order valence-corrected chi connectivity index (χ4v) is 4.86. The quantitative estimate of drug-likeness (QED) is 0.795. The molecule has 0 radical (unpaired) electrons. The average molecular weight is 370 g/mol. The summed E-state index contributed by atoms with van der Waals surface area (Å²) in [5, 5.41) is 0.483. The van der Waals surface area contributed by atoms with Crippen molar-refractivity contribution in [2.75, 3.05) is 5.75 Å². The number of carbonyl (C=O) groups is 1. The van der Waals surface area contributed by atoms with Crippen LogP contribution in [-0.4, -0.2) is 37.1 Å². The van der Waals surface area contributed by atoms with Gasteiger partial charge in [-0.25, -0.2) is 8.42 Å². The molecule has 24 heavy (non-hydrogen) atoms. The van der Waals surface area contributed by atoms with E-state index in [4.69, 9.17) is 11.6 Å². The van der Waals surface area contributed by atoms with Crippen molar-refractivity contribution in [3.05, 3.63) is 29.3 Å². The standard InChI is InChI=1S/C18H24ClNO3S/c1-13-2-6-15(7-3-13)20(16-8-9-16)18(21)12-24(22,23)17-10-4-14(19)5-11-17/h4-5,10-11,13,15-16H,2-3,6-9,12H2,1H3. The van der Waals surface area contributed by atoms with Crippen LogP contribution in [0.15, 0.2) is 29.2 Å². The second-order valence-corrected chi connectivity index (χ2v) is 9.58. The molecule has 0 unspecified atom stereocenters. The molecule has 0 spiro atoms. The molecule has 4 nitrogen and oxygen atoms in total. The van der Waals surface area contributed by atoms with Gasteiger partial charge in [0.15, 0.2) is 9.84 Å². The van der Waals surface area contributed by atoms with Crippen LogP contribution in [0.5, 0.6) is 0 Å². The molecule has 1 aromatic carbocycles. The van der Waals surface area contributed by atoms with E-state index in [-0.39, 0.29) is 22.9 Å². The van der Waals surface area contributed by atoms with Gasteiger partial charge in [-0.1, -0.05) is 18.5 Å². The first kappa shape index (κ1) is 17.7. The van der Waals surface area contributed by atoms with Crippen LogP contribution < -0.4 is 0 Å². The van der Waals surface area contributed by atoms with Gasteiger partial charge in [0.25, 0.3) is 0 Å². The summed E-state index contributed by atoms with van der Waals surface area (Å²) in [5.41, 5.74) is 0. The first-order chi connectivity index (χ1) is 11.4. The zero-order valence-electron chi connectivity index (χ0n) is 13.9. The SMILES string of the molecule is CC1CCC(N(C(=O)CS(=O)(=O)c2ccc(Cl)cc2)C2CC2)CC1. The molecule has 0 saturated heterocycles. The third-order valence-electron chi connectivity index (χ3n) is 5.09. The lowest BCUT2D eigenvalue weighted by Crippen LogP contribution is -2.46. The van der Waals surface area contributed by atoms with Crippen LogP contribution in [0.3, 0.4) is 0 Å². The summed E-state index contributed by atoms with van der Waals surface area (Å²) in [4.78, 5) is 14.8. The maximum absolute atomic E-state index is 12.8. The van der Waals surface area contributed by atoms with E-state index < -0.39 is 15.6 Å². The zero-order valence-corrected chi connectivity index (χ0v) is 15.5. The molecule has 1 aromatic rings. The van der Waals surface area contributed by atoms with Crippen molar-refractivity contribution >= 4 is 27.3 Å². The number of sulfone groups is 1. The second kappa shape index (κ2) is 7.04. The van der Waals surface area contributed by atoms with Crippen molar-refractivity contribution in [2.24, 2.45) is 5.92 Å². The van der Waals surface area contributed by atoms with Gasteiger partial charge in [0.1, 0.15) is 5.75 Å². The molecule has 0 bridgehead atoms. The van der Waals surface area contributed by atoms with Gasteiger partial charge in [-0.3, -0.25) is 4.79 Å². The Morgan fingerprint density at radius 1 is 1.04 bits per heavy atom. The van der Waals surface area contributed by atoms with Crippen LogP contribution in [0.1, 0.15) is 45.4 Å². The molecule has 2 saturated carbocycles. The second-order valence-electron chi connectivity index (χ2n) is 7.16. The van der Waals surface area contributed by atoms with Crippen LogP contribution in [-0.2, 0) is 14.6 Å². The van der Waals surface area contributed by atoms with Gasteiger partial charge >= 0.3 is 0 Å². The molecule has 0 aromatic heterocycles. The lowest BCUT2D eigenvalue weighted by Gasteiger charge is -2.36. The monoisotopic (exact) mass is 369 g/mol. The van der Waals surface area contributed by atoms with E-state index in [9.17, 15) is 13.2 Å². The van der Waals surface area contributed by atoms with Gasteiger partial charge in [0.05, 0.1) is 4.90 Å². The van der Waals surface area contributed by atoms with E-state index in [0.717, 1.165) is 38.5 Å². The third-order valence-corrected chi connectivity index (χ3v) is 6.96. The fourth-order valence-electron chi connectivity index (χ4n) is 3.54. The van der Waals surface area contributed by atoms with Crippen molar-refractivity contribution < 1.29 is 13.2 Å². The molecule has 0 atom stereocenters. The average Bonchev–Trinajstić information content (AvgIpc) is 3.34. The summed E-state index contributed by atoms with van der Waals surface area (Å²) in [5.74, 6) is 0.0131. The molecule has 0 heterocycles. The Balaban J connectivity index is 1.72. The number of rotatable bonds is 5. The summed E-state index contributed by atoms with van der Waals surface area (Å²) in [6, 6.07) is 6.47. The Morgan fingerprint density at radius 3 is 2.04 bits per heavy atom. The van der Waals surface area contributed by atoms with Gasteiger partial charge in [-0.15, -0.1) is 0 Å². The molecular weight excluding hydrogens is 346 g/mol. The van der Waals surface area contributed by atoms with E-state index in [1.165, 1.54) is 12.1 Å². The highest BCUT2D eigenvalue weighted by Gasteiger charge is 2.39. The van der Waals surface area contributed by atoms with E-state index in [0.29, 0.717) is 10.9 Å². The lowest BCUT2D eigenvalue weighted by molar-refractivity contribution is -0.132. The molecule has 2 aliphatic rings. The van der Waals surface area contributed by atoms with Gasteiger partial charge in [0, 0.05) is 17.1 Å². The molecular formula is C18H24ClNO3S. The van der Waals surface area contributed by atoms with Gasteiger partial charge in [-0.2, -0.15) is 0 Å². The molecule has 1 amide bonds. The number of halogens is 1. The van der Waals surface area contributed by atoms with Crippen LogP contribution in [0.25, 0.3) is 0 Å². The Hall–Kier alpha value is -1.07. The number of nitrogens with zero attached hydrogens (tertiary/aromatic N) is 1. The highest BCUT2D eigenvalue weighted by molar-refractivity contribution is 7.92. The van der Waals surface area contributed by atoms with Crippen molar-refractivity contribution in [3.63, 3.8) is 0 Å². The van der Waals surface area contributed by atoms with Gasteiger partial charge < -0.3 is 4.90 Å². The van der Waals surface area contributed by atoms with E-state index in [1.54, 1.807) is 12.1 Å². The predicted octanol–water partition coefficient (Wildman–Crippen LogP) is 3.68. The summed E-state index contributed by atoms with van der Waals surface area (Å²) in [6.45, 7) is 2.24. The number of benzene rings is 1. The summed E-state index contributed by atoms with van der Waals surface area (Å²) >= 11 is 5.81. The first-order valence-electron chi connectivity index (χ1n) is 8.66. The maximum Gasteiger partial charge on any atom is 0.238 e. The molecule has 3 rings (SSSR count). The normalized spacial score (nSPS) is 24.6. The molecule has 0 N–H and O–H groups in total. The molecule has 132 valence electrons. The van der Waals surface area contributed by atoms with Crippen LogP contribution in [0, 0.1) is 5.92 Å². The smallest absolute Gasteiger partial charge is 0.238 e. The lowest BCUT2D eigenvalue weighted by atomic mass is 9.86. The van der Waals surface area contributed by atoms with E-state index in [1.807, 2.05) is 4.90 Å². The highest BCUT2D eigenvalue weighted by Crippen LogP contribution is 2.35. The molecule has 0 aliphatic heterocycles. The largest absolute Gasteiger partial charge is 0.336 e.